The van der Waals surface area contributed by atoms with Crippen molar-refractivity contribution in [3.63, 3.8) is 0 Å². The molecule has 106 valence electrons. The molecule has 0 atom stereocenters. The fraction of sp³-hybridized carbons (Fsp3) is 0.385. The van der Waals surface area contributed by atoms with Gasteiger partial charge in [0.25, 0.3) is 5.91 Å². The van der Waals surface area contributed by atoms with Gasteiger partial charge in [0.2, 0.25) is 0 Å². The molecule has 5 nitrogen and oxygen atoms in total. The number of carbonyl (C=O) groups excluding carboxylic acids is 1. The number of nitrogens with zero attached hydrogens (tertiary/aromatic N) is 1. The van der Waals surface area contributed by atoms with Crippen LogP contribution < -0.4 is 16.4 Å². The van der Waals surface area contributed by atoms with Gasteiger partial charge in [-0.05, 0) is 31.9 Å². The van der Waals surface area contributed by atoms with E-state index in [4.69, 9.17) is 5.73 Å². The minimum Gasteiger partial charge on any atom is -0.382 e. The van der Waals surface area contributed by atoms with E-state index in [0.29, 0.717) is 23.3 Å². The van der Waals surface area contributed by atoms with Gasteiger partial charge < -0.3 is 16.4 Å². The van der Waals surface area contributed by atoms with E-state index in [1.807, 2.05) is 19.1 Å². The van der Waals surface area contributed by atoms with E-state index in [2.05, 4.69) is 15.6 Å². The molecule has 7 heteroatoms. The number of anilines is 2. The van der Waals surface area contributed by atoms with Crippen LogP contribution in [0, 0.1) is 6.92 Å². The number of hydrogen-bond donors (Lipinski definition) is 3. The van der Waals surface area contributed by atoms with E-state index in [1.165, 1.54) is 29.1 Å². The molecule has 0 unspecified atom stereocenters. The van der Waals surface area contributed by atoms with Gasteiger partial charge in [0.05, 0.1) is 6.54 Å². The zero-order valence-electron chi connectivity index (χ0n) is 11.1. The third-order valence-corrected chi connectivity index (χ3v) is 4.99. The van der Waals surface area contributed by atoms with E-state index >= 15 is 0 Å². The number of aryl methyl sites for hydroxylation is 1. The highest BCUT2D eigenvalue weighted by Crippen LogP contribution is 2.30. The summed E-state index contributed by atoms with van der Waals surface area (Å²) in [5.74, 6) is 0.146. The maximum absolute atomic E-state index is 12.1. The van der Waals surface area contributed by atoms with Crippen LogP contribution in [0.3, 0.4) is 0 Å². The van der Waals surface area contributed by atoms with Gasteiger partial charge in [-0.2, -0.15) is 0 Å². The number of nitrogens with one attached hydrogen (secondary N) is 2. The molecule has 1 aliphatic rings. The Morgan fingerprint density at radius 1 is 1.45 bits per heavy atom. The first-order valence-electron chi connectivity index (χ1n) is 6.48. The third kappa shape index (κ3) is 3.10. The maximum atomic E-state index is 12.1. The van der Waals surface area contributed by atoms with Crippen molar-refractivity contribution in [1.29, 1.82) is 0 Å². The van der Waals surface area contributed by atoms with Crippen LogP contribution in [-0.2, 0) is 6.54 Å². The van der Waals surface area contributed by atoms with Crippen LogP contribution in [0.2, 0.25) is 0 Å². The molecular weight excluding hydrogens is 292 g/mol. The lowest BCUT2D eigenvalue weighted by atomic mass is 10.4. The number of amides is 1. The summed E-state index contributed by atoms with van der Waals surface area (Å²) in [6.07, 6.45) is 2.33. The van der Waals surface area contributed by atoms with E-state index in [9.17, 15) is 4.79 Å². The van der Waals surface area contributed by atoms with Crippen molar-refractivity contribution >= 4 is 39.5 Å². The second-order valence-corrected chi connectivity index (χ2v) is 7.22. The van der Waals surface area contributed by atoms with Crippen molar-refractivity contribution < 1.29 is 4.79 Å². The highest BCUT2D eigenvalue weighted by atomic mass is 32.1. The Balaban J connectivity index is 1.62. The Morgan fingerprint density at radius 2 is 2.25 bits per heavy atom. The predicted molar refractivity (Wildman–Crippen MR) is 83.4 cm³/mol. The first-order chi connectivity index (χ1) is 9.61. The molecule has 2 aromatic heterocycles. The second-order valence-electron chi connectivity index (χ2n) is 4.85. The van der Waals surface area contributed by atoms with Gasteiger partial charge in [-0.25, -0.2) is 4.98 Å². The largest absolute Gasteiger partial charge is 0.382 e. The monoisotopic (exact) mass is 308 g/mol. The molecule has 4 N–H and O–H groups in total. The van der Waals surface area contributed by atoms with Crippen molar-refractivity contribution in [2.45, 2.75) is 32.4 Å². The zero-order valence-corrected chi connectivity index (χ0v) is 12.7. The number of thiophene rings is 1. The Morgan fingerprint density at radius 3 is 2.90 bits per heavy atom. The molecule has 0 aliphatic heterocycles. The molecular formula is C13H16N4OS2. The number of hydrogen-bond acceptors (Lipinski definition) is 6. The SMILES string of the molecule is Cc1ccc(CNC(=O)c2sc(NC3CC3)nc2N)s1. The molecule has 0 spiro atoms. The van der Waals surface area contributed by atoms with Gasteiger partial charge >= 0.3 is 0 Å². The fourth-order valence-corrected chi connectivity index (χ4v) is 3.49. The molecule has 1 aliphatic carbocycles. The summed E-state index contributed by atoms with van der Waals surface area (Å²) in [6, 6.07) is 4.58. The van der Waals surface area contributed by atoms with Crippen LogP contribution >= 0.6 is 22.7 Å². The average Bonchev–Trinajstić information content (AvgIpc) is 3.00. The Labute approximate surface area is 125 Å². The van der Waals surface area contributed by atoms with E-state index in [0.717, 1.165) is 10.0 Å². The lowest BCUT2D eigenvalue weighted by molar-refractivity contribution is 0.0956. The Bertz CT molecular complexity index is 630. The summed E-state index contributed by atoms with van der Waals surface area (Å²) in [4.78, 5) is 19.2. The number of rotatable bonds is 5. The summed E-state index contributed by atoms with van der Waals surface area (Å²) in [5.41, 5.74) is 5.81. The topological polar surface area (TPSA) is 80.0 Å². The quantitative estimate of drug-likeness (QED) is 0.793. The molecule has 2 aromatic rings. The van der Waals surface area contributed by atoms with Crippen molar-refractivity contribution in [3.8, 4) is 0 Å². The molecule has 1 amide bonds. The molecule has 0 aromatic carbocycles. The van der Waals surface area contributed by atoms with Gasteiger partial charge in [-0.3, -0.25) is 4.79 Å². The highest BCUT2D eigenvalue weighted by molar-refractivity contribution is 7.18. The van der Waals surface area contributed by atoms with Crippen molar-refractivity contribution in [2.24, 2.45) is 0 Å². The van der Waals surface area contributed by atoms with E-state index in [-0.39, 0.29) is 5.91 Å². The average molecular weight is 308 g/mol. The first kappa shape index (κ1) is 13.4. The Kier molecular flexibility index (Phi) is 3.62. The molecule has 0 saturated heterocycles. The summed E-state index contributed by atoms with van der Waals surface area (Å²) in [5, 5.41) is 6.88. The molecule has 1 fully saturated rings. The van der Waals surface area contributed by atoms with Crippen molar-refractivity contribution in [1.82, 2.24) is 10.3 Å². The van der Waals surface area contributed by atoms with Crippen LogP contribution in [0.5, 0.6) is 0 Å². The molecule has 0 radical (unpaired) electrons. The van der Waals surface area contributed by atoms with Gasteiger partial charge in [0.1, 0.15) is 10.7 Å². The molecule has 2 heterocycles. The summed E-state index contributed by atoms with van der Waals surface area (Å²) < 4.78 is 0. The summed E-state index contributed by atoms with van der Waals surface area (Å²) in [7, 11) is 0. The number of nitrogen functional groups attached to an aromatic ring is 1. The van der Waals surface area contributed by atoms with Gasteiger partial charge in [0, 0.05) is 15.8 Å². The van der Waals surface area contributed by atoms with E-state index in [1.54, 1.807) is 11.3 Å². The summed E-state index contributed by atoms with van der Waals surface area (Å²) >= 11 is 3.00. The molecule has 3 rings (SSSR count). The standard InChI is InChI=1S/C13H16N4OS2/c1-7-2-5-9(19-7)6-15-12(18)10-11(14)17-13(20-10)16-8-3-4-8/h2,5,8H,3-4,6,14H2,1H3,(H,15,18)(H,16,17). The third-order valence-electron chi connectivity index (χ3n) is 2.98. The number of nitrogens with two attached hydrogens (primary N) is 1. The minimum absolute atomic E-state index is 0.157. The highest BCUT2D eigenvalue weighted by Gasteiger charge is 2.24. The fourth-order valence-electron chi connectivity index (χ4n) is 1.79. The van der Waals surface area contributed by atoms with Crippen molar-refractivity contribution in [2.75, 3.05) is 11.1 Å². The first-order valence-corrected chi connectivity index (χ1v) is 8.11. The van der Waals surface area contributed by atoms with Gasteiger partial charge in [-0.15, -0.1) is 11.3 Å². The lowest BCUT2D eigenvalue weighted by Crippen LogP contribution is -2.22. The van der Waals surface area contributed by atoms with E-state index < -0.39 is 0 Å². The zero-order chi connectivity index (χ0) is 14.1. The number of thiazole rings is 1. The van der Waals surface area contributed by atoms with Crippen LogP contribution in [0.1, 0.15) is 32.3 Å². The van der Waals surface area contributed by atoms with Crippen LogP contribution in [-0.4, -0.2) is 16.9 Å². The number of carbonyl (C=O) groups is 1. The smallest absolute Gasteiger partial charge is 0.265 e. The molecule has 1 saturated carbocycles. The van der Waals surface area contributed by atoms with Crippen LogP contribution in [0.15, 0.2) is 12.1 Å². The minimum atomic E-state index is -0.157. The lowest BCUT2D eigenvalue weighted by Gasteiger charge is -2.01. The molecule has 20 heavy (non-hydrogen) atoms. The van der Waals surface area contributed by atoms with Crippen LogP contribution in [0.4, 0.5) is 10.9 Å². The normalized spacial score (nSPS) is 14.2. The summed E-state index contributed by atoms with van der Waals surface area (Å²) in [6.45, 7) is 2.58. The second kappa shape index (κ2) is 5.41. The predicted octanol–water partition coefficient (Wildman–Crippen LogP) is 2.60. The van der Waals surface area contributed by atoms with Gasteiger partial charge in [-0.1, -0.05) is 11.3 Å². The van der Waals surface area contributed by atoms with Crippen LogP contribution in [0.25, 0.3) is 0 Å². The van der Waals surface area contributed by atoms with Gasteiger partial charge in [0.15, 0.2) is 5.13 Å². The molecule has 0 bridgehead atoms. The maximum Gasteiger partial charge on any atom is 0.265 e. The number of aromatic nitrogens is 1. The Hall–Kier alpha value is -1.60. The van der Waals surface area contributed by atoms with Crippen molar-refractivity contribution in [3.05, 3.63) is 26.8 Å².